The van der Waals surface area contributed by atoms with Crippen molar-refractivity contribution in [1.82, 2.24) is 10.2 Å². The normalized spacial score (nSPS) is 16.1. The van der Waals surface area contributed by atoms with Crippen LogP contribution in [0.5, 0.6) is 0 Å². The van der Waals surface area contributed by atoms with Crippen LogP contribution < -0.4 is 5.32 Å². The molecule has 1 heterocycles. The molecular formula is C17H23FN2O8S2. The van der Waals surface area contributed by atoms with Gasteiger partial charge in [-0.1, -0.05) is 0 Å². The minimum Gasteiger partial charge on any atom is -0.378 e. The molecule has 0 aromatic heterocycles. The lowest BCUT2D eigenvalue weighted by Crippen LogP contribution is -2.54. The molecule has 1 unspecified atom stereocenters. The van der Waals surface area contributed by atoms with Crippen molar-refractivity contribution in [3.63, 3.8) is 0 Å². The van der Waals surface area contributed by atoms with E-state index in [1.54, 1.807) is 0 Å². The molecule has 1 aromatic rings. The fourth-order valence-corrected chi connectivity index (χ4v) is 4.40. The van der Waals surface area contributed by atoms with Crippen LogP contribution in [0.1, 0.15) is 10.4 Å². The van der Waals surface area contributed by atoms with Crippen LogP contribution in [0.4, 0.5) is 4.39 Å². The Hall–Kier alpha value is -2.09. The van der Waals surface area contributed by atoms with Gasteiger partial charge in [0, 0.05) is 18.7 Å². The minimum absolute atomic E-state index is 0.0500. The molecule has 1 aliphatic rings. The molecule has 13 heteroatoms. The molecule has 1 aromatic carbocycles. The van der Waals surface area contributed by atoms with E-state index in [2.05, 4.69) is 9.50 Å². The largest absolute Gasteiger partial charge is 0.378 e. The number of benzene rings is 1. The molecule has 1 saturated heterocycles. The van der Waals surface area contributed by atoms with E-state index in [1.807, 2.05) is 0 Å². The zero-order chi connectivity index (χ0) is 22.4. The quantitative estimate of drug-likeness (QED) is 0.466. The van der Waals surface area contributed by atoms with Gasteiger partial charge in [0.2, 0.25) is 5.91 Å². The third-order valence-electron chi connectivity index (χ3n) is 4.14. The lowest BCUT2D eigenvalue weighted by atomic mass is 10.2. The molecule has 2 rings (SSSR count). The summed E-state index contributed by atoms with van der Waals surface area (Å²) in [5.41, 5.74) is 0.0500. The first-order valence-corrected chi connectivity index (χ1v) is 12.6. The number of carbonyl (C=O) groups excluding carboxylic acids is 2. The Labute approximate surface area is 174 Å². The lowest BCUT2D eigenvalue weighted by Gasteiger charge is -2.30. The summed E-state index contributed by atoms with van der Waals surface area (Å²) in [5.74, 6) is -3.31. The molecule has 0 radical (unpaired) electrons. The number of carbonyl (C=O) groups is 2. The standard InChI is InChI=1S/C17H23FN2O8S2/c1-29(23,24)28-10-11-30(25,26)12-15(17(22)20-6-8-27-9-7-20)19-16(21)13-2-4-14(18)5-3-13/h2-5,15H,6-12H2,1H3,(H,19,21). The Morgan fingerprint density at radius 1 is 1.17 bits per heavy atom. The maximum absolute atomic E-state index is 13.1. The Bertz CT molecular complexity index is 958. The van der Waals surface area contributed by atoms with Crippen LogP contribution in [0.2, 0.25) is 0 Å². The topological polar surface area (TPSA) is 136 Å². The van der Waals surface area contributed by atoms with Crippen molar-refractivity contribution in [1.29, 1.82) is 0 Å². The van der Waals surface area contributed by atoms with Gasteiger partial charge in [-0.3, -0.25) is 13.8 Å². The molecule has 0 spiro atoms. The van der Waals surface area contributed by atoms with Gasteiger partial charge in [-0.25, -0.2) is 12.8 Å². The maximum atomic E-state index is 13.1. The number of hydrogen-bond donors (Lipinski definition) is 1. The van der Waals surface area contributed by atoms with E-state index in [0.717, 1.165) is 18.4 Å². The molecule has 30 heavy (non-hydrogen) atoms. The summed E-state index contributed by atoms with van der Waals surface area (Å²) < 4.78 is 69.5. The lowest BCUT2D eigenvalue weighted by molar-refractivity contribution is -0.136. The Kier molecular flexibility index (Phi) is 8.29. The number of morpholine rings is 1. The van der Waals surface area contributed by atoms with Crippen molar-refractivity contribution in [2.75, 3.05) is 50.7 Å². The number of amides is 2. The summed E-state index contributed by atoms with van der Waals surface area (Å²) in [6.45, 7) is 0.419. The van der Waals surface area contributed by atoms with E-state index >= 15 is 0 Å². The van der Waals surface area contributed by atoms with E-state index in [1.165, 1.54) is 17.0 Å². The van der Waals surface area contributed by atoms with E-state index < -0.39 is 61.7 Å². The second kappa shape index (κ2) is 10.3. The molecule has 0 saturated carbocycles. The number of sulfone groups is 1. The highest BCUT2D eigenvalue weighted by Gasteiger charge is 2.32. The highest BCUT2D eigenvalue weighted by Crippen LogP contribution is 2.08. The average molecular weight is 467 g/mol. The molecule has 168 valence electrons. The third-order valence-corrected chi connectivity index (χ3v) is 6.37. The smallest absolute Gasteiger partial charge is 0.264 e. The summed E-state index contributed by atoms with van der Waals surface area (Å²) in [7, 11) is -7.79. The molecule has 0 bridgehead atoms. The van der Waals surface area contributed by atoms with Gasteiger partial charge in [-0.15, -0.1) is 0 Å². The second-order valence-electron chi connectivity index (χ2n) is 6.61. The van der Waals surface area contributed by atoms with Gasteiger partial charge in [-0.05, 0) is 24.3 Å². The second-order valence-corrected chi connectivity index (χ2v) is 10.5. The van der Waals surface area contributed by atoms with Crippen LogP contribution in [0.3, 0.4) is 0 Å². The fraction of sp³-hybridized carbons (Fsp3) is 0.529. The highest BCUT2D eigenvalue weighted by molar-refractivity contribution is 7.91. The van der Waals surface area contributed by atoms with Gasteiger partial charge in [0.15, 0.2) is 9.84 Å². The Balaban J connectivity index is 2.14. The molecule has 1 aliphatic heterocycles. The Morgan fingerprint density at radius 3 is 2.33 bits per heavy atom. The summed E-state index contributed by atoms with van der Waals surface area (Å²) in [4.78, 5) is 26.7. The van der Waals surface area contributed by atoms with Crippen LogP contribution in [0.25, 0.3) is 0 Å². The molecule has 2 amide bonds. The Morgan fingerprint density at radius 2 is 1.77 bits per heavy atom. The zero-order valence-corrected chi connectivity index (χ0v) is 17.9. The number of nitrogens with zero attached hydrogens (tertiary/aromatic N) is 1. The van der Waals surface area contributed by atoms with E-state index in [9.17, 15) is 30.8 Å². The minimum atomic E-state index is -3.96. The van der Waals surface area contributed by atoms with Crippen LogP contribution in [0, 0.1) is 5.82 Å². The monoisotopic (exact) mass is 466 g/mol. The summed E-state index contributed by atoms with van der Waals surface area (Å²) in [6, 6.07) is 3.12. The third kappa shape index (κ3) is 7.97. The van der Waals surface area contributed by atoms with Crippen molar-refractivity contribution in [2.24, 2.45) is 0 Å². The summed E-state index contributed by atoms with van der Waals surface area (Å²) in [6.07, 6.45) is 0.785. The zero-order valence-electron chi connectivity index (χ0n) is 16.2. The first kappa shape index (κ1) is 24.2. The fourth-order valence-electron chi connectivity index (χ4n) is 2.67. The van der Waals surface area contributed by atoms with Gasteiger partial charge < -0.3 is 15.0 Å². The highest BCUT2D eigenvalue weighted by atomic mass is 32.2. The first-order valence-electron chi connectivity index (χ1n) is 8.95. The molecule has 1 fully saturated rings. The summed E-state index contributed by atoms with van der Waals surface area (Å²) >= 11 is 0. The number of hydrogen-bond acceptors (Lipinski definition) is 8. The molecule has 10 nitrogen and oxygen atoms in total. The number of rotatable bonds is 9. The summed E-state index contributed by atoms with van der Waals surface area (Å²) in [5, 5.41) is 2.38. The number of ether oxygens (including phenoxy) is 1. The predicted octanol–water partition coefficient (Wildman–Crippen LogP) is -0.826. The van der Waals surface area contributed by atoms with Crippen LogP contribution in [0.15, 0.2) is 24.3 Å². The van der Waals surface area contributed by atoms with Gasteiger partial charge in [-0.2, -0.15) is 8.42 Å². The van der Waals surface area contributed by atoms with Gasteiger partial charge in [0.05, 0.1) is 37.6 Å². The van der Waals surface area contributed by atoms with Crippen molar-refractivity contribution in [3.8, 4) is 0 Å². The van der Waals surface area contributed by atoms with Crippen molar-refractivity contribution in [2.45, 2.75) is 6.04 Å². The van der Waals surface area contributed by atoms with Crippen molar-refractivity contribution in [3.05, 3.63) is 35.6 Å². The average Bonchev–Trinajstić information content (AvgIpc) is 2.66. The molecule has 1 N–H and O–H groups in total. The van der Waals surface area contributed by atoms with E-state index in [4.69, 9.17) is 4.74 Å². The van der Waals surface area contributed by atoms with Gasteiger partial charge in [0.1, 0.15) is 11.9 Å². The number of halogens is 1. The molecular weight excluding hydrogens is 443 g/mol. The number of nitrogens with one attached hydrogen (secondary N) is 1. The van der Waals surface area contributed by atoms with Crippen molar-refractivity contribution >= 4 is 31.8 Å². The first-order chi connectivity index (χ1) is 14.0. The molecule has 1 atom stereocenters. The van der Waals surface area contributed by atoms with Crippen molar-refractivity contribution < 1.29 is 39.7 Å². The van der Waals surface area contributed by atoms with Crippen LogP contribution >= 0.6 is 0 Å². The maximum Gasteiger partial charge on any atom is 0.264 e. The van der Waals surface area contributed by atoms with Crippen LogP contribution in [-0.4, -0.2) is 90.3 Å². The van der Waals surface area contributed by atoms with E-state index in [-0.39, 0.29) is 31.9 Å². The van der Waals surface area contributed by atoms with Gasteiger partial charge in [0.25, 0.3) is 16.0 Å². The van der Waals surface area contributed by atoms with Crippen LogP contribution in [-0.2, 0) is 33.7 Å². The predicted molar refractivity (Wildman–Crippen MR) is 105 cm³/mol. The van der Waals surface area contributed by atoms with E-state index in [0.29, 0.717) is 0 Å². The molecule has 0 aliphatic carbocycles. The van der Waals surface area contributed by atoms with Gasteiger partial charge >= 0.3 is 0 Å². The SMILES string of the molecule is CS(=O)(=O)OCCS(=O)(=O)CC(NC(=O)c1ccc(F)cc1)C(=O)N1CCOCC1.